The first-order valence-electron chi connectivity index (χ1n) is 7.06. The Balaban J connectivity index is 1.66. The summed E-state index contributed by atoms with van der Waals surface area (Å²) in [4.78, 5) is 23.3. The number of thioether (sulfide) groups is 1. The fraction of sp³-hybridized carbons (Fsp3) is 0.312. The lowest BCUT2D eigenvalue weighted by Crippen LogP contribution is -2.21. The van der Waals surface area contributed by atoms with Crippen molar-refractivity contribution in [2.24, 2.45) is 0 Å². The standard InChI is InChI=1S/C16H18N2O4S/c1-11-14(12(2)22-18-11)9-23-10-16(20)21-8-15(19)17-13-6-4-3-5-7-13/h3-7H,8-10H2,1-2H3,(H,17,19). The van der Waals surface area contributed by atoms with Crippen molar-refractivity contribution in [2.75, 3.05) is 17.7 Å². The summed E-state index contributed by atoms with van der Waals surface area (Å²) in [6.07, 6.45) is 0. The molecule has 6 nitrogen and oxygen atoms in total. The second-order valence-electron chi connectivity index (χ2n) is 4.87. The van der Waals surface area contributed by atoms with Crippen LogP contribution in [0, 0.1) is 13.8 Å². The van der Waals surface area contributed by atoms with E-state index in [0.29, 0.717) is 11.4 Å². The maximum absolute atomic E-state index is 11.7. The van der Waals surface area contributed by atoms with Crippen LogP contribution in [0.5, 0.6) is 0 Å². The number of aryl methyl sites for hydroxylation is 2. The summed E-state index contributed by atoms with van der Waals surface area (Å²) in [5.41, 5.74) is 2.48. The van der Waals surface area contributed by atoms with E-state index in [1.54, 1.807) is 12.1 Å². The molecule has 0 spiro atoms. The predicted octanol–water partition coefficient (Wildman–Crippen LogP) is 2.71. The molecule has 0 unspecified atom stereocenters. The molecule has 2 rings (SSSR count). The number of hydrogen-bond acceptors (Lipinski definition) is 6. The molecule has 1 amide bonds. The van der Waals surface area contributed by atoms with Crippen LogP contribution < -0.4 is 5.32 Å². The van der Waals surface area contributed by atoms with Gasteiger partial charge in [0.25, 0.3) is 5.91 Å². The van der Waals surface area contributed by atoms with E-state index in [1.165, 1.54) is 11.8 Å². The van der Waals surface area contributed by atoms with Gasteiger partial charge in [0.05, 0.1) is 11.4 Å². The minimum absolute atomic E-state index is 0.169. The Hall–Kier alpha value is -2.28. The fourth-order valence-corrected chi connectivity index (χ4v) is 2.82. The number of anilines is 1. The molecule has 0 saturated heterocycles. The number of para-hydroxylation sites is 1. The number of carbonyl (C=O) groups excluding carboxylic acids is 2. The van der Waals surface area contributed by atoms with E-state index in [-0.39, 0.29) is 18.3 Å². The van der Waals surface area contributed by atoms with Crippen molar-refractivity contribution in [1.82, 2.24) is 5.16 Å². The average Bonchev–Trinajstić information content (AvgIpc) is 2.86. The number of nitrogens with zero attached hydrogens (tertiary/aromatic N) is 1. The Bertz CT molecular complexity index is 650. The summed E-state index contributed by atoms with van der Waals surface area (Å²) >= 11 is 1.40. The number of benzene rings is 1. The normalized spacial score (nSPS) is 10.3. The van der Waals surface area contributed by atoms with E-state index in [0.717, 1.165) is 17.0 Å². The van der Waals surface area contributed by atoms with Gasteiger partial charge in [-0.2, -0.15) is 0 Å². The molecular weight excluding hydrogens is 316 g/mol. The molecule has 0 radical (unpaired) electrons. The van der Waals surface area contributed by atoms with Crippen LogP contribution in [0.3, 0.4) is 0 Å². The first-order chi connectivity index (χ1) is 11.1. The Kier molecular flexibility index (Phi) is 6.22. The van der Waals surface area contributed by atoms with Gasteiger partial charge in [-0.3, -0.25) is 9.59 Å². The zero-order valence-corrected chi connectivity index (χ0v) is 13.8. The first-order valence-corrected chi connectivity index (χ1v) is 8.21. The van der Waals surface area contributed by atoms with E-state index in [2.05, 4.69) is 10.5 Å². The van der Waals surface area contributed by atoms with Crippen molar-refractivity contribution >= 4 is 29.3 Å². The second kappa shape index (κ2) is 8.38. The van der Waals surface area contributed by atoms with Gasteiger partial charge >= 0.3 is 5.97 Å². The van der Waals surface area contributed by atoms with Crippen molar-refractivity contribution in [3.63, 3.8) is 0 Å². The van der Waals surface area contributed by atoms with Crippen LogP contribution in [-0.4, -0.2) is 29.4 Å². The molecular formula is C16H18N2O4S. The topological polar surface area (TPSA) is 81.4 Å². The molecule has 0 aliphatic carbocycles. The smallest absolute Gasteiger partial charge is 0.316 e. The third-order valence-corrected chi connectivity index (χ3v) is 4.00. The lowest BCUT2D eigenvalue weighted by Gasteiger charge is -2.06. The summed E-state index contributed by atoms with van der Waals surface area (Å²) < 4.78 is 10.0. The molecule has 2 aromatic rings. The number of hydrogen-bond donors (Lipinski definition) is 1. The third-order valence-electron chi connectivity index (χ3n) is 3.07. The summed E-state index contributed by atoms with van der Waals surface area (Å²) in [5.74, 6) is 0.755. The SMILES string of the molecule is Cc1noc(C)c1CSCC(=O)OCC(=O)Nc1ccccc1. The first kappa shape index (κ1) is 17.1. The fourth-order valence-electron chi connectivity index (χ4n) is 1.85. The largest absolute Gasteiger partial charge is 0.455 e. The highest BCUT2D eigenvalue weighted by atomic mass is 32.2. The minimum Gasteiger partial charge on any atom is -0.455 e. The van der Waals surface area contributed by atoms with Crippen LogP contribution in [0.25, 0.3) is 0 Å². The Labute approximate surface area is 138 Å². The monoisotopic (exact) mass is 334 g/mol. The van der Waals surface area contributed by atoms with Crippen molar-refractivity contribution in [2.45, 2.75) is 19.6 Å². The molecule has 1 N–H and O–H groups in total. The van der Waals surface area contributed by atoms with E-state index in [1.807, 2.05) is 32.0 Å². The van der Waals surface area contributed by atoms with Crippen molar-refractivity contribution < 1.29 is 18.8 Å². The number of aromatic nitrogens is 1. The molecule has 122 valence electrons. The summed E-state index contributed by atoms with van der Waals surface area (Å²) in [7, 11) is 0. The van der Waals surface area contributed by atoms with Gasteiger partial charge in [0, 0.05) is 17.0 Å². The zero-order chi connectivity index (χ0) is 16.7. The Morgan fingerprint density at radius 3 is 2.65 bits per heavy atom. The molecule has 1 aromatic heterocycles. The molecule has 23 heavy (non-hydrogen) atoms. The van der Waals surface area contributed by atoms with Gasteiger partial charge in [-0.1, -0.05) is 23.4 Å². The lowest BCUT2D eigenvalue weighted by molar-refractivity contribution is -0.144. The Morgan fingerprint density at radius 2 is 2.00 bits per heavy atom. The van der Waals surface area contributed by atoms with Crippen molar-refractivity contribution in [1.29, 1.82) is 0 Å². The van der Waals surface area contributed by atoms with Gasteiger partial charge < -0.3 is 14.6 Å². The maximum atomic E-state index is 11.7. The van der Waals surface area contributed by atoms with Gasteiger partial charge in [0.15, 0.2) is 6.61 Å². The summed E-state index contributed by atoms with van der Waals surface area (Å²) in [6, 6.07) is 9.00. The van der Waals surface area contributed by atoms with Crippen LogP contribution in [0.1, 0.15) is 17.0 Å². The number of rotatable bonds is 7. The molecule has 1 heterocycles. The highest BCUT2D eigenvalue weighted by molar-refractivity contribution is 7.99. The van der Waals surface area contributed by atoms with Crippen molar-refractivity contribution in [3.8, 4) is 0 Å². The van der Waals surface area contributed by atoms with Gasteiger partial charge in [-0.25, -0.2) is 0 Å². The molecule has 0 atom stereocenters. The van der Waals surface area contributed by atoms with Gasteiger partial charge in [0.1, 0.15) is 5.76 Å². The predicted molar refractivity (Wildman–Crippen MR) is 88.2 cm³/mol. The molecule has 7 heteroatoms. The zero-order valence-electron chi connectivity index (χ0n) is 13.0. The lowest BCUT2D eigenvalue weighted by atomic mass is 10.2. The van der Waals surface area contributed by atoms with Crippen LogP contribution >= 0.6 is 11.8 Å². The minimum atomic E-state index is -0.426. The van der Waals surface area contributed by atoms with Crippen LogP contribution in [0.4, 0.5) is 5.69 Å². The maximum Gasteiger partial charge on any atom is 0.316 e. The molecule has 0 bridgehead atoms. The summed E-state index contributed by atoms with van der Waals surface area (Å²) in [5, 5.41) is 6.50. The molecule has 0 fully saturated rings. The van der Waals surface area contributed by atoms with Crippen molar-refractivity contribution in [3.05, 3.63) is 47.3 Å². The van der Waals surface area contributed by atoms with E-state index in [4.69, 9.17) is 9.26 Å². The van der Waals surface area contributed by atoms with Gasteiger partial charge in [-0.15, -0.1) is 11.8 Å². The molecule has 0 aliphatic rings. The summed E-state index contributed by atoms with van der Waals surface area (Å²) in [6.45, 7) is 3.40. The van der Waals surface area contributed by atoms with Gasteiger partial charge in [-0.05, 0) is 26.0 Å². The van der Waals surface area contributed by atoms with Crippen LogP contribution in [-0.2, 0) is 20.1 Å². The highest BCUT2D eigenvalue weighted by Gasteiger charge is 2.11. The molecule has 0 aliphatic heterocycles. The van der Waals surface area contributed by atoms with E-state index < -0.39 is 5.97 Å². The quantitative estimate of drug-likeness (QED) is 0.784. The number of ether oxygens (including phenoxy) is 1. The number of esters is 1. The second-order valence-corrected chi connectivity index (χ2v) is 5.86. The Morgan fingerprint density at radius 1 is 1.26 bits per heavy atom. The number of amides is 1. The number of nitrogens with one attached hydrogen (secondary N) is 1. The van der Waals surface area contributed by atoms with Crippen LogP contribution in [0.2, 0.25) is 0 Å². The van der Waals surface area contributed by atoms with Crippen LogP contribution in [0.15, 0.2) is 34.9 Å². The molecule has 1 aromatic carbocycles. The molecule has 0 saturated carbocycles. The third kappa shape index (κ3) is 5.45. The number of carbonyl (C=O) groups is 2. The van der Waals surface area contributed by atoms with E-state index in [9.17, 15) is 9.59 Å². The van der Waals surface area contributed by atoms with Gasteiger partial charge in [0.2, 0.25) is 0 Å². The van der Waals surface area contributed by atoms with E-state index >= 15 is 0 Å². The average molecular weight is 334 g/mol. The highest BCUT2D eigenvalue weighted by Crippen LogP contribution is 2.19.